The van der Waals surface area contributed by atoms with E-state index in [9.17, 15) is 9.59 Å². The number of amides is 2. The van der Waals surface area contributed by atoms with Crippen LogP contribution in [0.5, 0.6) is 0 Å². The zero-order valence-corrected chi connectivity index (χ0v) is 39.7. The number of carbonyl (C=O) groups is 2. The predicted molar refractivity (Wildman–Crippen MR) is 42.3 cm³/mol. The maximum Gasteiger partial charge on any atom is 0.231 e. The van der Waals surface area contributed by atoms with Crippen LogP contribution in [0.3, 0.4) is 0 Å². The first kappa shape index (κ1) is 56.4. The Labute approximate surface area is 273 Å². The van der Waals surface area contributed by atoms with Gasteiger partial charge in [-0.3, -0.25) is 9.59 Å². The average molecular weight is 2000 g/mol. The SMILES string of the molecule is [CH2-]N1C(=O)c2ccccc2C1=O.[W].[W].[W].[W].[W].[W].[W].[W].[W].[W]. The van der Waals surface area contributed by atoms with E-state index < -0.39 is 0 Å². The second kappa shape index (κ2) is 28.5. The van der Waals surface area contributed by atoms with Crippen LogP contribution in [0.15, 0.2) is 24.3 Å². The van der Waals surface area contributed by atoms with Gasteiger partial charge in [0, 0.05) is 222 Å². The van der Waals surface area contributed by atoms with Gasteiger partial charge in [0.15, 0.2) is 0 Å². The van der Waals surface area contributed by atoms with Crippen molar-refractivity contribution in [2.24, 2.45) is 0 Å². The van der Waals surface area contributed by atoms with Crippen LogP contribution in [0.4, 0.5) is 0 Å². The monoisotopic (exact) mass is 2000 g/mol. The number of fused-ring (bicyclic) bond motifs is 1. The topological polar surface area (TPSA) is 37.4 Å². The molecule has 22 heavy (non-hydrogen) atoms. The molecule has 0 N–H and O–H groups in total. The second-order valence-corrected chi connectivity index (χ2v) is 2.58. The molecule has 1 heterocycles. The van der Waals surface area contributed by atoms with Crippen LogP contribution in [-0.4, -0.2) is 16.7 Å². The van der Waals surface area contributed by atoms with Crippen LogP contribution in [0, 0.1) is 7.05 Å². The number of hydrogen-bond donors (Lipinski definition) is 0. The Hall–Kier alpha value is 5.24. The van der Waals surface area contributed by atoms with Crippen molar-refractivity contribution in [3.05, 3.63) is 42.4 Å². The van der Waals surface area contributed by atoms with Gasteiger partial charge in [-0.1, -0.05) is 12.1 Å². The largest absolute Gasteiger partial charge is 0.430 e. The molecule has 3 nitrogen and oxygen atoms in total. The molecule has 0 aromatic heterocycles. The Morgan fingerprint density at radius 3 is 1.05 bits per heavy atom. The first-order valence-electron chi connectivity index (χ1n) is 3.50. The van der Waals surface area contributed by atoms with Crippen molar-refractivity contribution < 1.29 is 220 Å². The summed E-state index contributed by atoms with van der Waals surface area (Å²) < 4.78 is 0. The fourth-order valence-corrected chi connectivity index (χ4v) is 1.24. The minimum Gasteiger partial charge on any atom is -0.430 e. The first-order valence-corrected chi connectivity index (χ1v) is 3.50. The Bertz CT molecular complexity index is 357. The molecule has 2 amide bonds. The molecule has 1 aromatic carbocycles. The summed E-state index contributed by atoms with van der Waals surface area (Å²) in [5.41, 5.74) is 0.884. The Kier molecular flexibility index (Phi) is 72.9. The third-order valence-electron chi connectivity index (χ3n) is 1.88. The summed E-state index contributed by atoms with van der Waals surface area (Å²) in [4.78, 5) is 23.4. The Morgan fingerprint density at radius 2 is 0.818 bits per heavy atom. The van der Waals surface area contributed by atoms with Crippen LogP contribution in [0.2, 0.25) is 0 Å². The predicted octanol–water partition coefficient (Wildman–Crippen LogP) is 1.05. The molecule has 0 fully saturated rings. The maximum absolute atomic E-state index is 11.2. The molecule has 0 bridgehead atoms. The van der Waals surface area contributed by atoms with Crippen LogP contribution in [0.25, 0.3) is 0 Å². The minimum atomic E-state index is -0.324. The van der Waals surface area contributed by atoms with E-state index in [0.29, 0.717) is 11.1 Å². The quantitative estimate of drug-likeness (QED) is 0.289. The molecule has 0 spiro atoms. The molecule has 1 aliphatic rings. The van der Waals surface area contributed by atoms with Gasteiger partial charge in [0.25, 0.3) is 0 Å². The van der Waals surface area contributed by atoms with Gasteiger partial charge in [0.2, 0.25) is 11.8 Å². The van der Waals surface area contributed by atoms with E-state index in [2.05, 4.69) is 7.05 Å². The second-order valence-electron chi connectivity index (χ2n) is 2.58. The van der Waals surface area contributed by atoms with Gasteiger partial charge in [-0.15, -0.1) is 0 Å². The van der Waals surface area contributed by atoms with Gasteiger partial charge in [0.1, 0.15) is 0 Å². The molecule has 2 rings (SSSR count). The average Bonchev–Trinajstić information content (AvgIpc) is 2.33. The van der Waals surface area contributed by atoms with E-state index in [4.69, 9.17) is 0 Å². The molecule has 1 aliphatic heterocycles. The van der Waals surface area contributed by atoms with Crippen LogP contribution >= 0.6 is 0 Å². The van der Waals surface area contributed by atoms with Gasteiger partial charge in [0.05, 0.1) is 0 Å². The van der Waals surface area contributed by atoms with Crippen molar-refractivity contribution in [1.29, 1.82) is 0 Å². The number of hydrogen-bond acceptors (Lipinski definition) is 2. The fraction of sp³-hybridized carbons (Fsp3) is 0. The van der Waals surface area contributed by atoms with E-state index in [1.807, 2.05) is 0 Å². The minimum absolute atomic E-state index is 0. The van der Waals surface area contributed by atoms with E-state index >= 15 is 0 Å². The van der Waals surface area contributed by atoms with Crippen LogP contribution in [-0.2, 0) is 211 Å². The maximum atomic E-state index is 11.2. The van der Waals surface area contributed by atoms with Gasteiger partial charge >= 0.3 is 0 Å². The summed E-state index contributed by atoms with van der Waals surface area (Å²) in [7, 11) is 3.35. The molecule has 0 saturated carbocycles. The Balaban J connectivity index is -0.0000000241. The molecule has 0 aliphatic carbocycles. The zero-order valence-electron chi connectivity index (χ0n) is 10.4. The van der Waals surface area contributed by atoms with Crippen molar-refractivity contribution in [1.82, 2.24) is 4.90 Å². The van der Waals surface area contributed by atoms with Gasteiger partial charge in [-0.05, 0) is 12.1 Å². The van der Waals surface area contributed by atoms with E-state index in [1.54, 1.807) is 24.3 Å². The van der Waals surface area contributed by atoms with Crippen LogP contribution in [0.1, 0.15) is 20.7 Å². The van der Waals surface area contributed by atoms with Crippen molar-refractivity contribution in [2.45, 2.75) is 0 Å². The summed E-state index contributed by atoms with van der Waals surface area (Å²) in [6.45, 7) is 0. The van der Waals surface area contributed by atoms with Gasteiger partial charge < -0.3 is 4.90 Å². The molecule has 120 valence electrons. The Morgan fingerprint density at radius 1 is 0.591 bits per heavy atom. The summed E-state index contributed by atoms with van der Waals surface area (Å²) in [5.74, 6) is -0.647. The molecular weight excluding hydrogens is 1990 g/mol. The number of nitrogens with zero attached hydrogens (tertiary/aromatic N) is 1. The number of carbonyl (C=O) groups excluding carboxylic acids is 2. The molecule has 0 atom stereocenters. The normalized spacial score (nSPS) is 8.32. The molecule has 0 unspecified atom stereocenters. The number of rotatable bonds is 0. The van der Waals surface area contributed by atoms with Crippen molar-refractivity contribution in [3.63, 3.8) is 0 Å². The molecule has 0 saturated heterocycles. The number of imide groups is 1. The molecular formula is C9H6NO2W10-. The van der Waals surface area contributed by atoms with Crippen molar-refractivity contribution >= 4 is 11.8 Å². The van der Waals surface area contributed by atoms with Crippen molar-refractivity contribution in [2.75, 3.05) is 0 Å². The summed E-state index contributed by atoms with van der Waals surface area (Å²) in [6, 6.07) is 6.70. The van der Waals surface area contributed by atoms with Gasteiger partial charge in [-0.2, -0.15) is 0 Å². The summed E-state index contributed by atoms with van der Waals surface area (Å²) in [5, 5.41) is 0. The smallest absolute Gasteiger partial charge is 0.231 e. The molecule has 13 heteroatoms. The third-order valence-corrected chi connectivity index (χ3v) is 1.88. The molecule has 1 aromatic rings. The van der Waals surface area contributed by atoms with Crippen molar-refractivity contribution in [3.8, 4) is 0 Å². The first-order chi connectivity index (χ1) is 5.72. The zero-order chi connectivity index (χ0) is 8.72. The summed E-state index contributed by atoms with van der Waals surface area (Å²) >= 11 is 0. The fourth-order valence-electron chi connectivity index (χ4n) is 1.24. The van der Waals surface area contributed by atoms with E-state index in [1.165, 1.54) is 0 Å². The van der Waals surface area contributed by atoms with Gasteiger partial charge in [-0.25, -0.2) is 7.05 Å². The molecule has 0 radical (unpaired) electrons. The summed E-state index contributed by atoms with van der Waals surface area (Å²) in [6.07, 6.45) is 0. The van der Waals surface area contributed by atoms with E-state index in [0.717, 1.165) is 4.90 Å². The van der Waals surface area contributed by atoms with E-state index in [-0.39, 0.29) is 222 Å². The number of benzene rings is 1. The third kappa shape index (κ3) is 14.3. The van der Waals surface area contributed by atoms with Crippen LogP contribution < -0.4 is 0 Å². The standard InChI is InChI=1S/C9H6NO2.10W/c1-10-8(11)6-4-2-3-5-7(6)9(10)12;;;;;;;;;;/h2-5H,1H2;;;;;;;;;;/q-1;;;;;;;;;;.